The molecule has 6 heteroatoms. The number of ketones is 2. The molecule has 0 aliphatic carbocycles. The minimum atomic E-state index is -1.11. The second kappa shape index (κ2) is 8.08. The number of Topliss-reactive ketones (excluding diaryl/α,β-unsaturated/α-hetero) is 2. The summed E-state index contributed by atoms with van der Waals surface area (Å²) in [6.07, 6.45) is 0.536. The molecule has 0 saturated carbocycles. The zero-order chi connectivity index (χ0) is 20.3. The summed E-state index contributed by atoms with van der Waals surface area (Å²) in [4.78, 5) is 35.6. The summed E-state index contributed by atoms with van der Waals surface area (Å²) in [6.45, 7) is 3.15. The van der Waals surface area contributed by atoms with E-state index in [0.29, 0.717) is 23.9 Å². The Morgan fingerprint density at radius 2 is 1.75 bits per heavy atom. The fourth-order valence-electron chi connectivity index (χ4n) is 3.42. The largest absolute Gasteiger partial charge is 0.481 e. The van der Waals surface area contributed by atoms with Crippen molar-refractivity contribution in [1.29, 1.82) is 0 Å². The van der Waals surface area contributed by atoms with Gasteiger partial charge >= 0.3 is 5.97 Å². The Bertz CT molecular complexity index is 1050. The number of benzene rings is 2. The third kappa shape index (κ3) is 3.67. The van der Waals surface area contributed by atoms with E-state index in [1.54, 1.807) is 12.1 Å². The number of carbonyl (C=O) groups is 3. The molecule has 3 aromatic rings. The quantitative estimate of drug-likeness (QED) is 0.478. The molecule has 1 aromatic heterocycles. The van der Waals surface area contributed by atoms with Crippen molar-refractivity contribution >= 4 is 28.4 Å². The SMILES string of the molecule is CCc1c(C(=O)C(C)=O)c2c(OCC(=O)O)cccc2n1Cc1ccccc1. The van der Waals surface area contributed by atoms with Crippen LogP contribution in [0, 0.1) is 0 Å². The van der Waals surface area contributed by atoms with Gasteiger partial charge in [0.2, 0.25) is 5.78 Å². The molecule has 6 nitrogen and oxygen atoms in total. The van der Waals surface area contributed by atoms with Crippen LogP contribution in [0.5, 0.6) is 5.75 Å². The maximum Gasteiger partial charge on any atom is 0.341 e. The molecule has 0 radical (unpaired) electrons. The maximum absolute atomic E-state index is 12.8. The van der Waals surface area contributed by atoms with Gasteiger partial charge in [0.15, 0.2) is 12.4 Å². The zero-order valence-electron chi connectivity index (χ0n) is 15.8. The first-order valence-electron chi connectivity index (χ1n) is 9.01. The Balaban J connectivity index is 2.27. The number of fused-ring (bicyclic) bond motifs is 1. The highest BCUT2D eigenvalue weighted by Gasteiger charge is 2.26. The summed E-state index contributed by atoms with van der Waals surface area (Å²) in [5.74, 6) is -2.00. The van der Waals surface area contributed by atoms with E-state index in [9.17, 15) is 14.4 Å². The molecule has 144 valence electrons. The lowest BCUT2D eigenvalue weighted by atomic mass is 10.0. The highest BCUT2D eigenvalue weighted by atomic mass is 16.5. The van der Waals surface area contributed by atoms with Gasteiger partial charge < -0.3 is 14.4 Å². The number of carboxylic acids is 1. The first-order chi connectivity index (χ1) is 13.4. The van der Waals surface area contributed by atoms with Gasteiger partial charge in [0, 0.05) is 19.2 Å². The van der Waals surface area contributed by atoms with Crippen molar-refractivity contribution in [3.63, 3.8) is 0 Å². The Labute approximate surface area is 162 Å². The summed E-state index contributed by atoms with van der Waals surface area (Å²) in [6, 6.07) is 15.0. The monoisotopic (exact) mass is 379 g/mol. The lowest BCUT2D eigenvalue weighted by molar-refractivity contribution is -0.139. The number of carboxylic acid groups (broad SMARTS) is 1. The van der Waals surface area contributed by atoms with Crippen molar-refractivity contribution in [1.82, 2.24) is 4.57 Å². The number of ether oxygens (including phenoxy) is 1. The first-order valence-corrected chi connectivity index (χ1v) is 9.01. The molecule has 28 heavy (non-hydrogen) atoms. The Hall–Kier alpha value is -3.41. The number of aliphatic carboxylic acids is 1. The van der Waals surface area contributed by atoms with Crippen molar-refractivity contribution in [3.05, 3.63) is 65.4 Å². The summed E-state index contributed by atoms with van der Waals surface area (Å²) >= 11 is 0. The highest BCUT2D eigenvalue weighted by molar-refractivity contribution is 6.45. The van der Waals surface area contributed by atoms with E-state index in [4.69, 9.17) is 9.84 Å². The van der Waals surface area contributed by atoms with Crippen molar-refractivity contribution in [2.24, 2.45) is 0 Å². The fraction of sp³-hybridized carbons (Fsp3) is 0.227. The van der Waals surface area contributed by atoms with E-state index in [1.165, 1.54) is 6.92 Å². The standard InChI is InChI=1S/C22H21NO5/c1-3-16-21(22(27)14(2)24)20-17(10-7-11-18(20)28-13-19(25)26)23(16)12-15-8-5-4-6-9-15/h4-11H,3,12-13H2,1-2H3,(H,25,26). The third-order valence-electron chi connectivity index (χ3n) is 4.58. The summed E-state index contributed by atoms with van der Waals surface area (Å²) in [5.41, 5.74) is 2.80. The van der Waals surface area contributed by atoms with Gasteiger partial charge in [0.25, 0.3) is 0 Å². The van der Waals surface area contributed by atoms with Crippen LogP contribution in [0.25, 0.3) is 10.9 Å². The number of rotatable bonds is 8. The second-order valence-corrected chi connectivity index (χ2v) is 6.46. The zero-order valence-corrected chi connectivity index (χ0v) is 15.8. The summed E-state index contributed by atoms with van der Waals surface area (Å²) in [7, 11) is 0. The number of hydrogen-bond acceptors (Lipinski definition) is 4. The molecule has 0 spiro atoms. The number of hydrogen-bond donors (Lipinski definition) is 1. The molecule has 0 atom stereocenters. The van der Waals surface area contributed by atoms with Crippen LogP contribution < -0.4 is 4.74 Å². The molecule has 0 fully saturated rings. The van der Waals surface area contributed by atoms with E-state index < -0.39 is 24.1 Å². The van der Waals surface area contributed by atoms with Crippen LogP contribution in [0.1, 0.15) is 35.5 Å². The minimum absolute atomic E-state index is 0.283. The van der Waals surface area contributed by atoms with Crippen LogP contribution in [0.4, 0.5) is 0 Å². The molecule has 3 rings (SSSR count). The molecule has 0 saturated heterocycles. The fourth-order valence-corrected chi connectivity index (χ4v) is 3.42. The molecule has 0 bridgehead atoms. The topological polar surface area (TPSA) is 85.6 Å². The lowest BCUT2D eigenvalue weighted by Gasteiger charge is -2.11. The molecule has 0 amide bonds. The van der Waals surface area contributed by atoms with E-state index in [1.807, 2.05) is 47.9 Å². The Morgan fingerprint density at radius 1 is 1.04 bits per heavy atom. The van der Waals surface area contributed by atoms with Gasteiger partial charge in [-0.3, -0.25) is 9.59 Å². The normalized spacial score (nSPS) is 10.8. The maximum atomic E-state index is 12.8. The van der Waals surface area contributed by atoms with Crippen molar-refractivity contribution in [2.75, 3.05) is 6.61 Å². The molecule has 1 heterocycles. The Morgan fingerprint density at radius 3 is 2.36 bits per heavy atom. The molecular weight excluding hydrogens is 358 g/mol. The average molecular weight is 379 g/mol. The van der Waals surface area contributed by atoms with Crippen LogP contribution in [-0.4, -0.2) is 33.8 Å². The van der Waals surface area contributed by atoms with E-state index in [2.05, 4.69) is 0 Å². The van der Waals surface area contributed by atoms with Gasteiger partial charge in [0.1, 0.15) is 5.75 Å². The van der Waals surface area contributed by atoms with Gasteiger partial charge in [-0.25, -0.2) is 4.79 Å². The molecule has 0 aliphatic rings. The molecule has 0 unspecified atom stereocenters. The summed E-state index contributed by atoms with van der Waals surface area (Å²) in [5, 5.41) is 9.45. The minimum Gasteiger partial charge on any atom is -0.481 e. The van der Waals surface area contributed by atoms with E-state index in [0.717, 1.165) is 16.8 Å². The van der Waals surface area contributed by atoms with Gasteiger partial charge in [-0.15, -0.1) is 0 Å². The predicted molar refractivity (Wildman–Crippen MR) is 105 cm³/mol. The van der Waals surface area contributed by atoms with Crippen molar-refractivity contribution < 1.29 is 24.2 Å². The number of carbonyl (C=O) groups excluding carboxylic acids is 2. The second-order valence-electron chi connectivity index (χ2n) is 6.46. The van der Waals surface area contributed by atoms with Crippen LogP contribution in [0.2, 0.25) is 0 Å². The van der Waals surface area contributed by atoms with E-state index >= 15 is 0 Å². The number of aromatic nitrogens is 1. The van der Waals surface area contributed by atoms with Crippen LogP contribution in [0.15, 0.2) is 48.5 Å². The number of nitrogens with zero attached hydrogens (tertiary/aromatic N) is 1. The van der Waals surface area contributed by atoms with E-state index in [-0.39, 0.29) is 5.75 Å². The smallest absolute Gasteiger partial charge is 0.341 e. The molecule has 2 aromatic carbocycles. The van der Waals surface area contributed by atoms with Gasteiger partial charge in [-0.2, -0.15) is 0 Å². The van der Waals surface area contributed by atoms with Gasteiger partial charge in [-0.05, 0) is 24.1 Å². The van der Waals surface area contributed by atoms with Crippen molar-refractivity contribution in [3.8, 4) is 5.75 Å². The predicted octanol–water partition coefficient (Wildman–Crippen LogP) is 3.49. The van der Waals surface area contributed by atoms with Gasteiger partial charge in [-0.1, -0.05) is 43.3 Å². The van der Waals surface area contributed by atoms with Gasteiger partial charge in [0.05, 0.1) is 16.5 Å². The van der Waals surface area contributed by atoms with Crippen molar-refractivity contribution in [2.45, 2.75) is 26.8 Å². The molecule has 1 N–H and O–H groups in total. The third-order valence-corrected chi connectivity index (χ3v) is 4.58. The molecule has 0 aliphatic heterocycles. The average Bonchev–Trinajstić information content (AvgIpc) is 3.00. The first kappa shape index (κ1) is 19.4. The summed E-state index contributed by atoms with van der Waals surface area (Å²) < 4.78 is 7.43. The van der Waals surface area contributed by atoms with Crippen LogP contribution in [0.3, 0.4) is 0 Å². The van der Waals surface area contributed by atoms with Crippen LogP contribution in [-0.2, 0) is 22.6 Å². The van der Waals surface area contributed by atoms with Crippen LogP contribution >= 0.6 is 0 Å². The highest BCUT2D eigenvalue weighted by Crippen LogP contribution is 2.35. The Kier molecular flexibility index (Phi) is 5.59. The lowest BCUT2D eigenvalue weighted by Crippen LogP contribution is -2.14. The molecular formula is C22H21NO5.